The third kappa shape index (κ3) is 7.50. The van der Waals surface area contributed by atoms with Crippen LogP contribution in [0, 0.1) is 0 Å². The summed E-state index contributed by atoms with van der Waals surface area (Å²) in [7, 11) is 0. The van der Waals surface area contributed by atoms with Crippen molar-refractivity contribution in [3.63, 3.8) is 0 Å². The van der Waals surface area contributed by atoms with Crippen molar-refractivity contribution in [2.45, 2.75) is 202 Å². The van der Waals surface area contributed by atoms with Crippen molar-refractivity contribution in [2.75, 3.05) is 0 Å². The highest BCUT2D eigenvalue weighted by atomic mass is 16.7. The van der Waals surface area contributed by atoms with E-state index in [2.05, 4.69) is 0 Å². The molecule has 0 bridgehead atoms. The van der Waals surface area contributed by atoms with Gasteiger partial charge < -0.3 is 68.9 Å². The molecule has 60 heavy (non-hydrogen) atoms. The molecule has 4 aliphatic heterocycles. The molecule has 8 rings (SSSR count). The molecule has 17 nitrogen and oxygen atoms in total. The van der Waals surface area contributed by atoms with E-state index in [0.717, 1.165) is 0 Å². The third-order valence-electron chi connectivity index (χ3n) is 13.7. The number of carbonyl (C=O) groups is 3. The van der Waals surface area contributed by atoms with E-state index in [-0.39, 0.29) is 66.9 Å². The second-order valence-corrected chi connectivity index (χ2v) is 18.2. The zero-order valence-electron chi connectivity index (χ0n) is 34.5. The summed E-state index contributed by atoms with van der Waals surface area (Å²) in [5.74, 6) is -2.78. The molecular weight excluding hydrogens is 788 g/mol. The number of allylic oxidation sites excluding steroid dienone is 4. The molecule has 0 aromatic carbocycles. The van der Waals surface area contributed by atoms with Crippen LogP contribution in [0.3, 0.4) is 0 Å². The number of Topliss-reactive ketones (excluding diaryl/α,β-unsaturated/α-hetero) is 3. The first-order valence-electron chi connectivity index (χ1n) is 21.2. The number of aliphatic hydroxyl groups is 7. The predicted molar refractivity (Wildman–Crippen MR) is 205 cm³/mol. The van der Waals surface area contributed by atoms with Gasteiger partial charge in [-0.25, -0.2) is 0 Å². The fourth-order valence-corrected chi connectivity index (χ4v) is 10.4. The number of hydrogen-bond acceptors (Lipinski definition) is 17. The van der Waals surface area contributed by atoms with Gasteiger partial charge >= 0.3 is 0 Å². The molecule has 1 saturated carbocycles. The van der Waals surface area contributed by atoms with Crippen molar-refractivity contribution in [1.82, 2.24) is 0 Å². The maximum absolute atomic E-state index is 14.7. The molecule has 0 spiro atoms. The Labute approximate surface area is 347 Å². The minimum absolute atomic E-state index is 0.0319. The van der Waals surface area contributed by atoms with Crippen LogP contribution in [0.5, 0.6) is 0 Å². The molecule has 0 radical (unpaired) electrons. The third-order valence-corrected chi connectivity index (χ3v) is 13.7. The van der Waals surface area contributed by atoms with Crippen molar-refractivity contribution in [3.05, 3.63) is 45.8 Å². The number of ether oxygens (including phenoxy) is 7. The molecule has 1 unspecified atom stereocenters. The minimum Gasteiger partial charge on any atom is -0.507 e. The number of rotatable bonds is 7. The molecule has 17 atom stereocenters. The van der Waals surface area contributed by atoms with E-state index in [4.69, 9.17) is 33.2 Å². The van der Waals surface area contributed by atoms with E-state index in [9.17, 15) is 50.1 Å². The standard InChI is InChI=1S/C43H58O17/c1-18-25(44)8-10-32(55-18)60-43-30(46)16-41(5,52)17-42(43,53)13-12-24-35(43)40(51)23-7-6-22(38(49)34(23)39(24)50)28-15-29(37(48)21(4)54-28)59-31-11-9-27(19(2)56-31)58-33-14-26(45)36(47)20(3)57-33/h12-13,18-21,25-29,31-33,36-37,44-45,47-49,52-53H,6-11,14-17H2,1-5H3/t18-,19-,20+,21+,25-,26+,27-,28+,29+,31-,32?,33-,36+,37+,41-,42-,43-/m0/s1. The molecule has 4 heterocycles. The predicted octanol–water partition coefficient (Wildman–Crippen LogP) is 1.08. The molecule has 4 saturated heterocycles. The lowest BCUT2D eigenvalue weighted by atomic mass is 9.56. The van der Waals surface area contributed by atoms with Crippen molar-refractivity contribution in [2.24, 2.45) is 0 Å². The first kappa shape index (κ1) is 43.9. The van der Waals surface area contributed by atoms with Gasteiger partial charge in [0, 0.05) is 55.2 Å². The van der Waals surface area contributed by atoms with Gasteiger partial charge in [-0.1, -0.05) is 6.08 Å². The molecule has 0 amide bonds. The molecule has 7 N–H and O–H groups in total. The van der Waals surface area contributed by atoms with E-state index < -0.39 is 133 Å². The summed E-state index contributed by atoms with van der Waals surface area (Å²) >= 11 is 0. The van der Waals surface area contributed by atoms with Gasteiger partial charge in [-0.15, -0.1) is 0 Å². The lowest BCUT2D eigenvalue weighted by Gasteiger charge is -2.55. The van der Waals surface area contributed by atoms with E-state index in [1.54, 1.807) is 20.8 Å². The number of ketones is 3. The van der Waals surface area contributed by atoms with Crippen LogP contribution >= 0.6 is 0 Å². The fourth-order valence-electron chi connectivity index (χ4n) is 10.4. The first-order valence-corrected chi connectivity index (χ1v) is 21.2. The van der Waals surface area contributed by atoms with Crippen LogP contribution in [0.1, 0.15) is 98.8 Å². The number of aliphatic hydroxyl groups excluding tert-OH is 5. The average Bonchev–Trinajstić information content (AvgIpc) is 3.17. The Morgan fingerprint density at radius 3 is 2.08 bits per heavy atom. The highest BCUT2D eigenvalue weighted by Crippen LogP contribution is 2.55. The van der Waals surface area contributed by atoms with Crippen LogP contribution in [0.15, 0.2) is 45.8 Å². The number of fused-ring (bicyclic) bond motifs is 2. The van der Waals surface area contributed by atoms with Gasteiger partial charge in [-0.3, -0.25) is 14.4 Å². The van der Waals surface area contributed by atoms with Gasteiger partial charge in [-0.05, 0) is 66.4 Å². The highest BCUT2D eigenvalue weighted by Gasteiger charge is 2.69. The van der Waals surface area contributed by atoms with Crippen LogP contribution in [-0.4, -0.2) is 156 Å². The molecule has 0 aromatic heterocycles. The van der Waals surface area contributed by atoms with E-state index in [1.807, 2.05) is 6.92 Å². The Kier molecular flexibility index (Phi) is 11.8. The number of hydrogen-bond donors (Lipinski definition) is 7. The summed E-state index contributed by atoms with van der Waals surface area (Å²) in [5, 5.41) is 76.9. The Bertz CT molecular complexity index is 1870. The van der Waals surface area contributed by atoms with Crippen molar-refractivity contribution < 1.29 is 83.3 Å². The van der Waals surface area contributed by atoms with Gasteiger partial charge in [0.15, 0.2) is 41.8 Å². The number of carbonyl (C=O) groups excluding carboxylic acids is 3. The smallest absolute Gasteiger partial charge is 0.197 e. The normalized spacial score (nSPS) is 47.6. The van der Waals surface area contributed by atoms with Crippen LogP contribution in [0.25, 0.3) is 0 Å². The van der Waals surface area contributed by atoms with Crippen molar-refractivity contribution in [1.29, 1.82) is 0 Å². The van der Waals surface area contributed by atoms with Crippen LogP contribution in [0.4, 0.5) is 0 Å². The molecule has 8 aliphatic rings. The van der Waals surface area contributed by atoms with Crippen LogP contribution in [0.2, 0.25) is 0 Å². The second kappa shape index (κ2) is 16.1. The Hall–Kier alpha value is -2.75. The molecular formula is C43H58O17. The largest absolute Gasteiger partial charge is 0.507 e. The summed E-state index contributed by atoms with van der Waals surface area (Å²) in [5.41, 5.74) is -6.95. The van der Waals surface area contributed by atoms with Crippen molar-refractivity contribution >= 4 is 17.3 Å². The highest BCUT2D eigenvalue weighted by molar-refractivity contribution is 6.31. The first-order chi connectivity index (χ1) is 28.2. The Morgan fingerprint density at radius 1 is 0.717 bits per heavy atom. The summed E-state index contributed by atoms with van der Waals surface area (Å²) < 4.78 is 42.8. The van der Waals surface area contributed by atoms with Gasteiger partial charge in [-0.2, -0.15) is 0 Å². The maximum atomic E-state index is 14.7. The summed E-state index contributed by atoms with van der Waals surface area (Å²) in [6.07, 6.45) is -7.88. The van der Waals surface area contributed by atoms with Gasteiger partial charge in [0.25, 0.3) is 0 Å². The lowest BCUT2D eigenvalue weighted by Crippen LogP contribution is -2.71. The van der Waals surface area contributed by atoms with Gasteiger partial charge in [0.1, 0.15) is 23.6 Å². The quantitative estimate of drug-likeness (QED) is 0.177. The molecule has 4 aliphatic carbocycles. The topological polar surface area (TPSA) is 257 Å². The molecule has 5 fully saturated rings. The maximum Gasteiger partial charge on any atom is 0.197 e. The summed E-state index contributed by atoms with van der Waals surface area (Å²) in [4.78, 5) is 43.6. The lowest BCUT2D eigenvalue weighted by molar-refractivity contribution is -0.306. The van der Waals surface area contributed by atoms with E-state index in [0.29, 0.717) is 18.4 Å². The van der Waals surface area contributed by atoms with E-state index in [1.165, 1.54) is 19.1 Å². The molecule has 332 valence electrons. The molecule has 17 heteroatoms. The average molecular weight is 847 g/mol. The van der Waals surface area contributed by atoms with Crippen LogP contribution < -0.4 is 0 Å². The zero-order chi connectivity index (χ0) is 43.2. The van der Waals surface area contributed by atoms with Gasteiger partial charge in [0.2, 0.25) is 0 Å². The summed E-state index contributed by atoms with van der Waals surface area (Å²) in [6.45, 7) is 8.17. The molecule has 0 aromatic rings. The van der Waals surface area contributed by atoms with E-state index >= 15 is 0 Å². The van der Waals surface area contributed by atoms with Gasteiger partial charge in [0.05, 0.1) is 71.7 Å². The SMILES string of the molecule is C[C@@H]1O[C@@H](O[C@@H]2C[C@H](C3=C(O)C4=C(CC3)C(=O)C3=C(C=C[C@]5(O)C[C@@](C)(O)CC(=O)[C@]35OC3CC[C@H](O)[C@H](C)O3)C4=O)O[C@H](C)[C@H]2O)CC[C@@H]1O[C@H]1C[C@@H](O)[C@H](O)[C@@H](C)O1. The van der Waals surface area contributed by atoms with Crippen LogP contribution in [-0.2, 0) is 47.5 Å². The second-order valence-electron chi connectivity index (χ2n) is 18.2. The zero-order valence-corrected chi connectivity index (χ0v) is 34.5. The summed E-state index contributed by atoms with van der Waals surface area (Å²) in [6, 6.07) is 0. The Morgan fingerprint density at radius 2 is 1.38 bits per heavy atom. The minimum atomic E-state index is -2.43. The Balaban J connectivity index is 1.01. The fraction of sp³-hybridized carbons (Fsp3) is 0.744. The monoisotopic (exact) mass is 846 g/mol. The van der Waals surface area contributed by atoms with Crippen molar-refractivity contribution in [3.8, 4) is 0 Å².